The maximum Gasteiger partial charge on any atom is 0.417 e. The van der Waals surface area contributed by atoms with E-state index in [4.69, 9.17) is 5.73 Å². The monoisotopic (exact) mass is 306 g/mol. The molecule has 0 amide bonds. The predicted molar refractivity (Wildman–Crippen MR) is 76.2 cm³/mol. The normalized spacial score (nSPS) is 12.0. The van der Waals surface area contributed by atoms with Crippen molar-refractivity contribution in [2.75, 3.05) is 6.54 Å². The van der Waals surface area contributed by atoms with Crippen LogP contribution in [0.15, 0.2) is 42.9 Å². The smallest absolute Gasteiger partial charge is 0.330 e. The Bertz CT molecular complexity index is 794. The molecule has 0 aromatic carbocycles. The van der Waals surface area contributed by atoms with Crippen LogP contribution in [0.3, 0.4) is 0 Å². The van der Waals surface area contributed by atoms with Gasteiger partial charge in [0.05, 0.1) is 17.0 Å². The molecule has 0 aliphatic heterocycles. The Kier molecular flexibility index (Phi) is 3.58. The highest BCUT2D eigenvalue weighted by molar-refractivity contribution is 5.66. The first kappa shape index (κ1) is 14.5. The summed E-state index contributed by atoms with van der Waals surface area (Å²) in [5.74, 6) is 0. The molecule has 2 N–H and O–H groups in total. The molecule has 3 aromatic heterocycles. The number of alkyl halides is 3. The van der Waals surface area contributed by atoms with Crippen molar-refractivity contribution in [1.82, 2.24) is 14.4 Å². The Morgan fingerprint density at radius 2 is 1.82 bits per heavy atom. The maximum absolute atomic E-state index is 12.9. The van der Waals surface area contributed by atoms with E-state index in [0.717, 1.165) is 17.8 Å². The molecule has 3 aromatic rings. The summed E-state index contributed by atoms with van der Waals surface area (Å²) in [6, 6.07) is 5.94. The molecule has 0 saturated carbocycles. The van der Waals surface area contributed by atoms with Gasteiger partial charge in [0.15, 0.2) is 0 Å². The van der Waals surface area contributed by atoms with Crippen molar-refractivity contribution < 1.29 is 13.2 Å². The predicted octanol–water partition coefficient (Wildman–Crippen LogP) is 2.92. The minimum Gasteiger partial charge on any atom is -0.330 e. The number of nitrogens with two attached hydrogens (primary N) is 1. The van der Waals surface area contributed by atoms with Crippen LogP contribution in [0.4, 0.5) is 13.2 Å². The van der Waals surface area contributed by atoms with E-state index >= 15 is 0 Å². The van der Waals surface area contributed by atoms with E-state index in [1.165, 1.54) is 10.5 Å². The van der Waals surface area contributed by atoms with Gasteiger partial charge in [0.1, 0.15) is 5.65 Å². The molecule has 0 radical (unpaired) electrons. The van der Waals surface area contributed by atoms with Gasteiger partial charge in [-0.3, -0.25) is 4.98 Å². The molecule has 3 rings (SSSR count). The van der Waals surface area contributed by atoms with Gasteiger partial charge in [-0.05, 0) is 30.8 Å². The van der Waals surface area contributed by atoms with Crippen LogP contribution < -0.4 is 5.73 Å². The SMILES string of the molecule is NCCc1c(-c2ccncc2)nc2ccc(C(F)(F)F)cn12. The van der Waals surface area contributed by atoms with Gasteiger partial charge < -0.3 is 10.1 Å². The van der Waals surface area contributed by atoms with E-state index in [0.29, 0.717) is 30.0 Å². The molecule has 0 unspecified atom stereocenters. The molecule has 0 aliphatic rings. The first-order valence-electron chi connectivity index (χ1n) is 6.69. The molecule has 7 heteroatoms. The summed E-state index contributed by atoms with van der Waals surface area (Å²) < 4.78 is 40.2. The second kappa shape index (κ2) is 5.42. The Morgan fingerprint density at radius 3 is 2.45 bits per heavy atom. The summed E-state index contributed by atoms with van der Waals surface area (Å²) in [6.07, 6.45) is 0.340. The maximum atomic E-state index is 12.9. The average Bonchev–Trinajstić information content (AvgIpc) is 2.86. The van der Waals surface area contributed by atoms with Gasteiger partial charge in [-0.15, -0.1) is 0 Å². The van der Waals surface area contributed by atoms with Crippen LogP contribution in [0.25, 0.3) is 16.9 Å². The standard InChI is InChI=1S/C15H13F3N4/c16-15(17,18)11-1-2-13-21-14(10-4-7-20-8-5-10)12(3-6-19)22(13)9-11/h1-2,4-5,7-9H,3,6,19H2. The third kappa shape index (κ3) is 2.55. The average molecular weight is 306 g/mol. The Balaban J connectivity index is 2.24. The van der Waals surface area contributed by atoms with E-state index < -0.39 is 11.7 Å². The number of aromatic nitrogens is 3. The molecule has 0 fully saturated rings. The van der Waals surface area contributed by atoms with Crippen LogP contribution in [0.1, 0.15) is 11.3 Å². The van der Waals surface area contributed by atoms with Crippen molar-refractivity contribution in [2.24, 2.45) is 5.73 Å². The van der Waals surface area contributed by atoms with Crippen molar-refractivity contribution in [3.63, 3.8) is 0 Å². The summed E-state index contributed by atoms with van der Waals surface area (Å²) >= 11 is 0. The largest absolute Gasteiger partial charge is 0.417 e. The summed E-state index contributed by atoms with van der Waals surface area (Å²) in [7, 11) is 0. The fraction of sp³-hybridized carbons (Fsp3) is 0.200. The summed E-state index contributed by atoms with van der Waals surface area (Å²) in [4.78, 5) is 8.38. The van der Waals surface area contributed by atoms with Crippen LogP contribution in [-0.4, -0.2) is 20.9 Å². The highest BCUT2D eigenvalue weighted by Gasteiger charge is 2.31. The fourth-order valence-electron chi connectivity index (χ4n) is 2.38. The molecule has 114 valence electrons. The van der Waals surface area contributed by atoms with Crippen LogP contribution >= 0.6 is 0 Å². The fourth-order valence-corrected chi connectivity index (χ4v) is 2.38. The zero-order valence-electron chi connectivity index (χ0n) is 11.5. The van der Waals surface area contributed by atoms with Crippen molar-refractivity contribution in [2.45, 2.75) is 12.6 Å². The van der Waals surface area contributed by atoms with Crippen molar-refractivity contribution in [1.29, 1.82) is 0 Å². The summed E-state index contributed by atoms with van der Waals surface area (Å²) in [5, 5.41) is 0. The lowest BCUT2D eigenvalue weighted by Gasteiger charge is -2.08. The number of nitrogens with zero attached hydrogens (tertiary/aromatic N) is 3. The number of hydrogen-bond acceptors (Lipinski definition) is 3. The van der Waals surface area contributed by atoms with Gasteiger partial charge in [-0.2, -0.15) is 13.2 Å². The Labute approximate surface area is 124 Å². The second-order valence-corrected chi connectivity index (χ2v) is 4.83. The molecular weight excluding hydrogens is 293 g/mol. The number of halogens is 3. The molecule has 22 heavy (non-hydrogen) atoms. The molecule has 4 nitrogen and oxygen atoms in total. The Morgan fingerprint density at radius 1 is 1.09 bits per heavy atom. The van der Waals surface area contributed by atoms with E-state index in [1.807, 2.05) is 0 Å². The molecule has 0 aliphatic carbocycles. The van der Waals surface area contributed by atoms with Crippen molar-refractivity contribution in [3.8, 4) is 11.3 Å². The molecule has 3 heterocycles. The first-order chi connectivity index (χ1) is 10.5. The third-order valence-corrected chi connectivity index (χ3v) is 3.38. The second-order valence-electron chi connectivity index (χ2n) is 4.83. The van der Waals surface area contributed by atoms with Crippen LogP contribution in [0, 0.1) is 0 Å². The number of rotatable bonds is 3. The van der Waals surface area contributed by atoms with Crippen LogP contribution in [0.2, 0.25) is 0 Å². The molecule has 0 saturated heterocycles. The van der Waals surface area contributed by atoms with Gasteiger partial charge in [-0.25, -0.2) is 4.98 Å². The number of imidazole rings is 1. The lowest BCUT2D eigenvalue weighted by atomic mass is 10.1. The third-order valence-electron chi connectivity index (χ3n) is 3.38. The molecular formula is C15H13F3N4. The van der Waals surface area contributed by atoms with Crippen molar-refractivity contribution >= 4 is 5.65 Å². The molecule has 0 bridgehead atoms. The van der Waals surface area contributed by atoms with E-state index in [2.05, 4.69) is 9.97 Å². The molecule has 0 atom stereocenters. The number of hydrogen-bond donors (Lipinski definition) is 1. The Hall–Kier alpha value is -2.41. The quantitative estimate of drug-likeness (QED) is 0.809. The minimum absolute atomic E-state index is 0.322. The van der Waals surface area contributed by atoms with Gasteiger partial charge >= 0.3 is 6.18 Å². The van der Waals surface area contributed by atoms with E-state index in [9.17, 15) is 13.2 Å². The van der Waals surface area contributed by atoms with Gasteiger partial charge in [-0.1, -0.05) is 0 Å². The zero-order valence-corrected chi connectivity index (χ0v) is 11.5. The minimum atomic E-state index is -4.39. The number of pyridine rings is 2. The lowest BCUT2D eigenvalue weighted by molar-refractivity contribution is -0.137. The van der Waals surface area contributed by atoms with Crippen LogP contribution in [0.5, 0.6) is 0 Å². The van der Waals surface area contributed by atoms with Crippen LogP contribution in [-0.2, 0) is 12.6 Å². The molecule has 0 spiro atoms. The van der Waals surface area contributed by atoms with Gasteiger partial charge in [0.25, 0.3) is 0 Å². The summed E-state index contributed by atoms with van der Waals surface area (Å²) in [5.41, 5.74) is 7.45. The topological polar surface area (TPSA) is 56.2 Å². The lowest BCUT2D eigenvalue weighted by Crippen LogP contribution is -2.09. The van der Waals surface area contributed by atoms with E-state index in [1.54, 1.807) is 24.5 Å². The van der Waals surface area contributed by atoms with Gasteiger partial charge in [0.2, 0.25) is 0 Å². The first-order valence-corrected chi connectivity index (χ1v) is 6.69. The number of fused-ring (bicyclic) bond motifs is 1. The highest BCUT2D eigenvalue weighted by atomic mass is 19.4. The zero-order chi connectivity index (χ0) is 15.7. The van der Waals surface area contributed by atoms with E-state index in [-0.39, 0.29) is 0 Å². The highest BCUT2D eigenvalue weighted by Crippen LogP contribution is 2.31. The van der Waals surface area contributed by atoms with Gasteiger partial charge in [0, 0.05) is 30.6 Å². The van der Waals surface area contributed by atoms with Crippen molar-refractivity contribution in [3.05, 3.63) is 54.1 Å². The summed E-state index contributed by atoms with van der Waals surface area (Å²) in [6.45, 7) is 0.322.